The molecule has 1 aromatic heterocycles. The van der Waals surface area contributed by atoms with Crippen LogP contribution >= 0.6 is 0 Å². The van der Waals surface area contributed by atoms with Crippen molar-refractivity contribution in [2.45, 2.75) is 33.6 Å². The summed E-state index contributed by atoms with van der Waals surface area (Å²) in [6, 6.07) is 8.15. The zero-order valence-corrected chi connectivity index (χ0v) is 13.3. The molecule has 0 amide bonds. The van der Waals surface area contributed by atoms with Gasteiger partial charge in [-0.25, -0.2) is 4.98 Å². The quantitative estimate of drug-likeness (QED) is 0.868. The van der Waals surface area contributed by atoms with Crippen molar-refractivity contribution in [2.24, 2.45) is 0 Å². The summed E-state index contributed by atoms with van der Waals surface area (Å²) in [5, 5.41) is 3.32. The highest BCUT2D eigenvalue weighted by atomic mass is 15.2. The lowest BCUT2D eigenvalue weighted by Gasteiger charge is -2.18. The van der Waals surface area contributed by atoms with E-state index in [9.17, 15) is 0 Å². The molecule has 112 valence electrons. The predicted molar refractivity (Wildman–Crippen MR) is 89.4 cm³/mol. The summed E-state index contributed by atoms with van der Waals surface area (Å²) in [5.74, 6) is 1.59. The number of hydrogen-bond acceptors (Lipinski definition) is 4. The van der Waals surface area contributed by atoms with Crippen molar-refractivity contribution in [1.29, 1.82) is 0 Å². The Kier molecular flexibility index (Phi) is 5.14. The standard InChI is InChI=1S/C17H24N4/c1-5-6-12-21(4)16-10-11-18-17(20-16)19-15-9-7-8-13(2)14(15)3/h7-11H,5-6,12H2,1-4H3,(H,18,19,20). The van der Waals surface area contributed by atoms with E-state index < -0.39 is 0 Å². The first kappa shape index (κ1) is 15.3. The van der Waals surface area contributed by atoms with E-state index >= 15 is 0 Å². The third-order valence-electron chi connectivity index (χ3n) is 3.73. The summed E-state index contributed by atoms with van der Waals surface area (Å²) >= 11 is 0. The summed E-state index contributed by atoms with van der Waals surface area (Å²) in [6.07, 6.45) is 4.15. The average Bonchev–Trinajstić information content (AvgIpc) is 2.50. The molecule has 0 fully saturated rings. The van der Waals surface area contributed by atoms with Gasteiger partial charge in [-0.05, 0) is 43.5 Å². The van der Waals surface area contributed by atoms with Crippen LogP contribution in [-0.4, -0.2) is 23.6 Å². The largest absolute Gasteiger partial charge is 0.360 e. The Morgan fingerprint density at radius 3 is 2.76 bits per heavy atom. The Hall–Kier alpha value is -2.10. The van der Waals surface area contributed by atoms with Gasteiger partial charge in [0.2, 0.25) is 5.95 Å². The van der Waals surface area contributed by atoms with Gasteiger partial charge in [-0.3, -0.25) is 0 Å². The lowest BCUT2D eigenvalue weighted by atomic mass is 10.1. The fourth-order valence-corrected chi connectivity index (χ4v) is 2.14. The van der Waals surface area contributed by atoms with Gasteiger partial charge in [0.05, 0.1) is 0 Å². The van der Waals surface area contributed by atoms with Gasteiger partial charge in [0.15, 0.2) is 0 Å². The average molecular weight is 284 g/mol. The number of benzene rings is 1. The van der Waals surface area contributed by atoms with E-state index in [1.54, 1.807) is 6.20 Å². The van der Waals surface area contributed by atoms with E-state index in [2.05, 4.69) is 60.1 Å². The van der Waals surface area contributed by atoms with Crippen LogP contribution in [0.15, 0.2) is 30.5 Å². The summed E-state index contributed by atoms with van der Waals surface area (Å²) < 4.78 is 0. The number of hydrogen-bond donors (Lipinski definition) is 1. The van der Waals surface area contributed by atoms with Crippen molar-refractivity contribution < 1.29 is 0 Å². The second-order valence-electron chi connectivity index (χ2n) is 5.39. The molecular formula is C17H24N4. The number of rotatable bonds is 6. The van der Waals surface area contributed by atoms with Crippen molar-refractivity contribution >= 4 is 17.5 Å². The molecule has 0 bridgehead atoms. The lowest BCUT2D eigenvalue weighted by Crippen LogP contribution is -2.20. The molecule has 0 radical (unpaired) electrons. The molecule has 1 N–H and O–H groups in total. The molecule has 21 heavy (non-hydrogen) atoms. The van der Waals surface area contributed by atoms with E-state index in [1.165, 1.54) is 24.0 Å². The van der Waals surface area contributed by atoms with E-state index in [4.69, 9.17) is 0 Å². The Morgan fingerprint density at radius 1 is 1.19 bits per heavy atom. The van der Waals surface area contributed by atoms with Crippen molar-refractivity contribution in [3.63, 3.8) is 0 Å². The van der Waals surface area contributed by atoms with Gasteiger partial charge in [-0.2, -0.15) is 4.98 Å². The number of aryl methyl sites for hydroxylation is 1. The molecule has 1 aromatic carbocycles. The summed E-state index contributed by atoms with van der Waals surface area (Å²) in [6.45, 7) is 7.42. The molecule has 0 aliphatic rings. The topological polar surface area (TPSA) is 41.1 Å². The fraction of sp³-hybridized carbons (Fsp3) is 0.412. The second kappa shape index (κ2) is 7.07. The van der Waals surface area contributed by atoms with Gasteiger partial charge in [0, 0.05) is 25.5 Å². The lowest BCUT2D eigenvalue weighted by molar-refractivity contribution is 0.759. The highest BCUT2D eigenvalue weighted by Crippen LogP contribution is 2.21. The minimum absolute atomic E-state index is 0.643. The molecule has 0 saturated carbocycles. The van der Waals surface area contributed by atoms with Gasteiger partial charge in [0.25, 0.3) is 0 Å². The first-order valence-corrected chi connectivity index (χ1v) is 7.49. The normalized spacial score (nSPS) is 10.5. The van der Waals surface area contributed by atoms with Gasteiger partial charge in [0.1, 0.15) is 5.82 Å². The van der Waals surface area contributed by atoms with Crippen molar-refractivity contribution in [1.82, 2.24) is 9.97 Å². The molecule has 0 unspecified atom stereocenters. The van der Waals surface area contributed by atoms with Crippen molar-refractivity contribution in [3.05, 3.63) is 41.6 Å². The molecule has 2 rings (SSSR count). The number of aromatic nitrogens is 2. The van der Waals surface area contributed by atoms with Crippen LogP contribution in [0.3, 0.4) is 0 Å². The maximum Gasteiger partial charge on any atom is 0.229 e. The molecular weight excluding hydrogens is 260 g/mol. The molecule has 0 spiro atoms. The second-order valence-corrected chi connectivity index (χ2v) is 5.39. The summed E-state index contributed by atoms with van der Waals surface area (Å²) in [7, 11) is 2.07. The van der Waals surface area contributed by atoms with Gasteiger partial charge in [-0.15, -0.1) is 0 Å². The van der Waals surface area contributed by atoms with Crippen LogP contribution in [0.2, 0.25) is 0 Å². The number of nitrogens with one attached hydrogen (secondary N) is 1. The molecule has 1 heterocycles. The fourth-order valence-electron chi connectivity index (χ4n) is 2.14. The van der Waals surface area contributed by atoms with Crippen LogP contribution in [0.1, 0.15) is 30.9 Å². The predicted octanol–water partition coefficient (Wildman–Crippen LogP) is 4.07. The third-order valence-corrected chi connectivity index (χ3v) is 3.73. The van der Waals surface area contributed by atoms with Crippen molar-refractivity contribution in [2.75, 3.05) is 23.8 Å². The molecule has 0 saturated heterocycles. The smallest absolute Gasteiger partial charge is 0.229 e. The first-order valence-electron chi connectivity index (χ1n) is 7.49. The van der Waals surface area contributed by atoms with E-state index in [0.29, 0.717) is 5.95 Å². The number of unbranched alkanes of at least 4 members (excludes halogenated alkanes) is 1. The van der Waals surface area contributed by atoms with Gasteiger partial charge in [-0.1, -0.05) is 25.5 Å². The highest BCUT2D eigenvalue weighted by Gasteiger charge is 2.06. The van der Waals surface area contributed by atoms with Crippen LogP contribution in [0, 0.1) is 13.8 Å². The maximum absolute atomic E-state index is 4.60. The molecule has 4 heteroatoms. The maximum atomic E-state index is 4.60. The molecule has 4 nitrogen and oxygen atoms in total. The Morgan fingerprint density at radius 2 is 2.00 bits per heavy atom. The Balaban J connectivity index is 2.16. The Bertz CT molecular complexity index is 595. The molecule has 0 aliphatic heterocycles. The van der Waals surface area contributed by atoms with Crippen LogP contribution in [-0.2, 0) is 0 Å². The van der Waals surface area contributed by atoms with Crippen molar-refractivity contribution in [3.8, 4) is 0 Å². The molecule has 0 atom stereocenters. The minimum Gasteiger partial charge on any atom is -0.360 e. The first-order chi connectivity index (χ1) is 10.1. The van der Waals surface area contributed by atoms with Crippen LogP contribution in [0.25, 0.3) is 0 Å². The minimum atomic E-state index is 0.643. The monoisotopic (exact) mass is 284 g/mol. The Labute approximate surface area is 127 Å². The molecule has 2 aromatic rings. The number of anilines is 3. The van der Waals surface area contributed by atoms with E-state index in [1.807, 2.05) is 12.1 Å². The number of nitrogens with zero attached hydrogens (tertiary/aromatic N) is 3. The zero-order valence-electron chi connectivity index (χ0n) is 13.3. The summed E-state index contributed by atoms with van der Waals surface area (Å²) in [5.41, 5.74) is 3.55. The van der Waals surface area contributed by atoms with Crippen LogP contribution in [0.4, 0.5) is 17.5 Å². The van der Waals surface area contributed by atoms with E-state index in [-0.39, 0.29) is 0 Å². The highest BCUT2D eigenvalue weighted by molar-refractivity contribution is 5.60. The summed E-state index contributed by atoms with van der Waals surface area (Å²) in [4.78, 5) is 11.1. The van der Waals surface area contributed by atoms with Gasteiger partial charge >= 0.3 is 0 Å². The van der Waals surface area contributed by atoms with Crippen LogP contribution < -0.4 is 10.2 Å². The SMILES string of the molecule is CCCCN(C)c1ccnc(Nc2cccc(C)c2C)n1. The third kappa shape index (κ3) is 3.94. The van der Waals surface area contributed by atoms with Gasteiger partial charge < -0.3 is 10.2 Å². The van der Waals surface area contributed by atoms with E-state index in [0.717, 1.165) is 18.1 Å². The van der Waals surface area contributed by atoms with Crippen LogP contribution in [0.5, 0.6) is 0 Å². The zero-order chi connectivity index (χ0) is 15.2. The molecule has 0 aliphatic carbocycles.